The van der Waals surface area contributed by atoms with Gasteiger partial charge in [0.2, 0.25) is 0 Å². The van der Waals surface area contributed by atoms with Crippen LogP contribution in [-0.4, -0.2) is 47.8 Å². The Labute approximate surface area is 171 Å². The zero-order valence-electron chi connectivity index (χ0n) is 17.0. The van der Waals surface area contributed by atoms with Crippen LogP contribution in [0.3, 0.4) is 0 Å². The molecule has 1 atom stereocenters. The van der Waals surface area contributed by atoms with E-state index in [1.165, 1.54) is 6.42 Å². The highest BCUT2D eigenvalue weighted by Crippen LogP contribution is 2.41. The van der Waals surface area contributed by atoms with Crippen LogP contribution in [0.2, 0.25) is 0 Å². The van der Waals surface area contributed by atoms with Crippen molar-refractivity contribution < 1.29 is 14.6 Å². The fourth-order valence-electron chi connectivity index (χ4n) is 4.14. The lowest BCUT2D eigenvalue weighted by atomic mass is 9.71. The first kappa shape index (κ1) is 24.0. The zero-order valence-corrected chi connectivity index (χ0v) is 17.8. The second-order valence-corrected chi connectivity index (χ2v) is 7.47. The van der Waals surface area contributed by atoms with Crippen molar-refractivity contribution in [2.75, 3.05) is 26.2 Å². The van der Waals surface area contributed by atoms with Crippen LogP contribution < -0.4 is 0 Å². The van der Waals surface area contributed by atoms with Gasteiger partial charge < -0.3 is 9.84 Å². The molecule has 0 aromatic heterocycles. The molecular formula is C22H36ClNO3. The monoisotopic (exact) mass is 397 g/mol. The van der Waals surface area contributed by atoms with Gasteiger partial charge in [0.25, 0.3) is 0 Å². The van der Waals surface area contributed by atoms with Gasteiger partial charge in [-0.15, -0.1) is 12.4 Å². The number of ether oxygens (including phenoxy) is 1. The van der Waals surface area contributed by atoms with Crippen molar-refractivity contribution in [2.45, 2.75) is 77.2 Å². The van der Waals surface area contributed by atoms with Crippen LogP contribution in [0.25, 0.3) is 0 Å². The van der Waals surface area contributed by atoms with Crippen LogP contribution in [-0.2, 0) is 9.53 Å². The molecule has 4 nitrogen and oxygen atoms in total. The maximum Gasteiger partial charge on any atom is 0.343 e. The number of esters is 1. The minimum Gasteiger partial charge on any atom is -0.450 e. The van der Waals surface area contributed by atoms with Gasteiger partial charge >= 0.3 is 5.97 Å². The summed E-state index contributed by atoms with van der Waals surface area (Å²) in [6, 6.07) is 0. The molecule has 0 radical (unpaired) electrons. The van der Waals surface area contributed by atoms with E-state index in [1.807, 2.05) is 0 Å². The van der Waals surface area contributed by atoms with Crippen LogP contribution in [0.1, 0.15) is 71.6 Å². The van der Waals surface area contributed by atoms with E-state index in [0.29, 0.717) is 6.54 Å². The molecule has 0 saturated heterocycles. The lowest BCUT2D eigenvalue weighted by molar-refractivity contribution is -0.167. The molecule has 1 N–H and O–H groups in total. The minimum atomic E-state index is -1.44. The SMILES string of the molecule is CCN(CC)CC#CCOC(=O)C(O)(C1=CCCCC1)C1CCCCC1.Cl. The van der Waals surface area contributed by atoms with Gasteiger partial charge in [-0.3, -0.25) is 4.90 Å². The van der Waals surface area contributed by atoms with Gasteiger partial charge in [0.1, 0.15) is 0 Å². The molecule has 1 unspecified atom stereocenters. The van der Waals surface area contributed by atoms with Crippen LogP contribution >= 0.6 is 12.4 Å². The molecule has 1 saturated carbocycles. The maximum absolute atomic E-state index is 12.9. The molecule has 27 heavy (non-hydrogen) atoms. The lowest BCUT2D eigenvalue weighted by Crippen LogP contribution is -2.49. The molecule has 0 aromatic carbocycles. The van der Waals surface area contributed by atoms with E-state index in [4.69, 9.17) is 4.74 Å². The molecule has 0 bridgehead atoms. The quantitative estimate of drug-likeness (QED) is 0.399. The highest BCUT2D eigenvalue weighted by molar-refractivity contribution is 5.85. The molecule has 1 fully saturated rings. The van der Waals surface area contributed by atoms with E-state index in [9.17, 15) is 9.90 Å². The van der Waals surface area contributed by atoms with E-state index in [1.54, 1.807) is 0 Å². The predicted octanol–water partition coefficient (Wildman–Crippen LogP) is 4.11. The van der Waals surface area contributed by atoms with Gasteiger partial charge in [0, 0.05) is 5.92 Å². The average Bonchev–Trinajstić information content (AvgIpc) is 2.71. The molecule has 0 aromatic rings. The minimum absolute atomic E-state index is 0. The van der Waals surface area contributed by atoms with Gasteiger partial charge in [-0.1, -0.05) is 51.0 Å². The fraction of sp³-hybridized carbons (Fsp3) is 0.773. The van der Waals surface area contributed by atoms with E-state index in [0.717, 1.165) is 70.0 Å². The molecule has 154 valence electrons. The Kier molecular flexibility index (Phi) is 11.1. The average molecular weight is 398 g/mol. The van der Waals surface area contributed by atoms with Crippen LogP contribution in [0.4, 0.5) is 0 Å². The number of aliphatic hydroxyl groups is 1. The van der Waals surface area contributed by atoms with Gasteiger partial charge in [-0.05, 0) is 57.2 Å². The van der Waals surface area contributed by atoms with Crippen molar-refractivity contribution in [3.05, 3.63) is 11.6 Å². The van der Waals surface area contributed by atoms with E-state index in [-0.39, 0.29) is 24.9 Å². The third kappa shape index (κ3) is 6.52. The standard InChI is InChI=1S/C22H35NO3.ClH/c1-3-23(4-2)17-11-12-18-26-21(24)22(25,19-13-7-5-8-14-19)20-15-9-6-10-16-20;/h13,20,25H,3-10,14-18H2,1-2H3;1H. The number of carbonyl (C=O) groups is 1. The largest absolute Gasteiger partial charge is 0.450 e. The summed E-state index contributed by atoms with van der Waals surface area (Å²) in [5.41, 5.74) is -0.557. The Morgan fingerprint density at radius 3 is 2.48 bits per heavy atom. The molecule has 0 heterocycles. The smallest absolute Gasteiger partial charge is 0.343 e. The normalized spacial score (nSPS) is 19.9. The van der Waals surface area contributed by atoms with Gasteiger partial charge in [0.15, 0.2) is 12.2 Å². The van der Waals surface area contributed by atoms with E-state index >= 15 is 0 Å². The summed E-state index contributed by atoms with van der Waals surface area (Å²) in [6.07, 6.45) is 11.1. The van der Waals surface area contributed by atoms with E-state index < -0.39 is 11.6 Å². The summed E-state index contributed by atoms with van der Waals surface area (Å²) in [5, 5.41) is 11.5. The highest BCUT2D eigenvalue weighted by Gasteiger charge is 2.48. The van der Waals surface area contributed by atoms with Gasteiger partial charge in [0.05, 0.1) is 6.54 Å². The summed E-state index contributed by atoms with van der Waals surface area (Å²) < 4.78 is 5.44. The number of hydrogen-bond donors (Lipinski definition) is 1. The summed E-state index contributed by atoms with van der Waals surface area (Å²) in [4.78, 5) is 15.1. The third-order valence-electron chi connectivity index (χ3n) is 5.89. The van der Waals surface area contributed by atoms with Crippen LogP contribution in [0.5, 0.6) is 0 Å². The first-order valence-corrected chi connectivity index (χ1v) is 10.4. The third-order valence-corrected chi connectivity index (χ3v) is 5.89. The van der Waals surface area contributed by atoms with Crippen molar-refractivity contribution in [2.24, 2.45) is 5.92 Å². The number of rotatable bonds is 7. The molecule has 2 rings (SSSR count). The Morgan fingerprint density at radius 1 is 1.19 bits per heavy atom. The first-order valence-electron chi connectivity index (χ1n) is 10.4. The van der Waals surface area contributed by atoms with Crippen molar-refractivity contribution in [1.82, 2.24) is 4.90 Å². The Morgan fingerprint density at radius 2 is 1.89 bits per heavy atom. The van der Waals surface area contributed by atoms with Crippen molar-refractivity contribution >= 4 is 18.4 Å². The lowest BCUT2D eigenvalue weighted by Gasteiger charge is -2.39. The molecule has 5 heteroatoms. The van der Waals surface area contributed by atoms with Crippen molar-refractivity contribution in [3.8, 4) is 11.8 Å². The molecular weight excluding hydrogens is 362 g/mol. The summed E-state index contributed by atoms with van der Waals surface area (Å²) in [5.74, 6) is 5.48. The maximum atomic E-state index is 12.9. The zero-order chi connectivity index (χ0) is 18.8. The van der Waals surface area contributed by atoms with Crippen LogP contribution in [0.15, 0.2) is 11.6 Å². The summed E-state index contributed by atoms with van der Waals surface area (Å²) >= 11 is 0. The van der Waals surface area contributed by atoms with E-state index in [2.05, 4.69) is 36.7 Å². The topological polar surface area (TPSA) is 49.8 Å². The number of hydrogen-bond acceptors (Lipinski definition) is 4. The second-order valence-electron chi connectivity index (χ2n) is 7.47. The van der Waals surface area contributed by atoms with Crippen molar-refractivity contribution in [3.63, 3.8) is 0 Å². The molecule has 0 aliphatic heterocycles. The second kappa shape index (κ2) is 12.4. The Hall–Kier alpha value is -1.02. The van der Waals surface area contributed by atoms with Gasteiger partial charge in [-0.2, -0.15) is 0 Å². The number of nitrogens with zero attached hydrogens (tertiary/aromatic N) is 1. The predicted molar refractivity (Wildman–Crippen MR) is 112 cm³/mol. The first-order chi connectivity index (χ1) is 12.6. The van der Waals surface area contributed by atoms with Crippen LogP contribution in [0, 0.1) is 17.8 Å². The summed E-state index contributed by atoms with van der Waals surface area (Å²) in [6.45, 7) is 6.87. The molecule has 2 aliphatic carbocycles. The van der Waals surface area contributed by atoms with Gasteiger partial charge in [-0.25, -0.2) is 4.79 Å². The highest BCUT2D eigenvalue weighted by atomic mass is 35.5. The Balaban J connectivity index is 0.00000364. The fourth-order valence-corrected chi connectivity index (χ4v) is 4.14. The number of allylic oxidation sites excluding steroid dienone is 1. The number of halogens is 1. The molecule has 0 amide bonds. The number of carbonyl (C=O) groups excluding carboxylic acids is 1. The summed E-state index contributed by atoms with van der Waals surface area (Å²) in [7, 11) is 0. The molecule has 0 spiro atoms. The van der Waals surface area contributed by atoms with Crippen molar-refractivity contribution in [1.29, 1.82) is 0 Å². The molecule has 2 aliphatic rings. The Bertz CT molecular complexity index is 541.